The van der Waals surface area contributed by atoms with E-state index in [4.69, 9.17) is 4.74 Å². The van der Waals surface area contributed by atoms with E-state index >= 15 is 0 Å². The van der Waals surface area contributed by atoms with Crippen molar-refractivity contribution in [2.24, 2.45) is 0 Å². The fourth-order valence-corrected chi connectivity index (χ4v) is 2.25. The van der Waals surface area contributed by atoms with Gasteiger partial charge in [-0.05, 0) is 37.6 Å². The van der Waals surface area contributed by atoms with Crippen LogP contribution in [0, 0.1) is 0 Å². The Morgan fingerprint density at radius 3 is 2.47 bits per heavy atom. The molecule has 0 aromatic heterocycles. The summed E-state index contributed by atoms with van der Waals surface area (Å²) in [6.07, 6.45) is 2.33. The Kier molecular flexibility index (Phi) is 3.84. The number of likely N-dealkylation sites (N-methyl/N-ethyl adjacent to an activating group) is 1. The molecule has 0 bridgehead atoms. The van der Waals surface area contributed by atoms with Crippen molar-refractivity contribution in [3.05, 3.63) is 34.3 Å². The van der Waals surface area contributed by atoms with Gasteiger partial charge in [0.05, 0.1) is 7.11 Å². The van der Waals surface area contributed by atoms with Crippen LogP contribution in [-0.4, -0.2) is 31.1 Å². The molecule has 2 rings (SSSR count). The SMILES string of the molecule is COC(=O)C(c1ccc(Br)cc1)N(C)C1CC1. The normalized spacial score (nSPS) is 16.9. The van der Waals surface area contributed by atoms with Crippen molar-refractivity contribution in [1.82, 2.24) is 4.90 Å². The van der Waals surface area contributed by atoms with Crippen molar-refractivity contribution >= 4 is 21.9 Å². The molecule has 3 nitrogen and oxygen atoms in total. The molecule has 0 heterocycles. The maximum atomic E-state index is 11.9. The average molecular weight is 298 g/mol. The number of methoxy groups -OCH3 is 1. The fourth-order valence-electron chi connectivity index (χ4n) is 1.99. The highest BCUT2D eigenvalue weighted by Gasteiger charge is 2.36. The van der Waals surface area contributed by atoms with Crippen LogP contribution in [-0.2, 0) is 9.53 Å². The van der Waals surface area contributed by atoms with Crippen molar-refractivity contribution in [2.75, 3.05) is 14.2 Å². The fraction of sp³-hybridized carbons (Fsp3) is 0.462. The minimum Gasteiger partial charge on any atom is -0.468 e. The number of nitrogens with zero attached hydrogens (tertiary/aromatic N) is 1. The summed E-state index contributed by atoms with van der Waals surface area (Å²) in [5.74, 6) is -0.193. The molecule has 17 heavy (non-hydrogen) atoms. The van der Waals surface area contributed by atoms with Crippen LogP contribution in [0.4, 0.5) is 0 Å². The van der Waals surface area contributed by atoms with Crippen LogP contribution in [0.2, 0.25) is 0 Å². The Balaban J connectivity index is 2.25. The predicted octanol–water partition coefficient (Wildman–Crippen LogP) is 2.76. The van der Waals surface area contributed by atoms with Gasteiger partial charge >= 0.3 is 5.97 Å². The van der Waals surface area contributed by atoms with Gasteiger partial charge in [-0.1, -0.05) is 28.1 Å². The number of rotatable bonds is 4. The Hall–Kier alpha value is -0.870. The third kappa shape index (κ3) is 2.87. The molecule has 0 saturated heterocycles. The first kappa shape index (κ1) is 12.6. The van der Waals surface area contributed by atoms with E-state index in [9.17, 15) is 4.79 Å². The number of hydrogen-bond acceptors (Lipinski definition) is 3. The molecule has 0 spiro atoms. The molecule has 0 N–H and O–H groups in total. The van der Waals surface area contributed by atoms with E-state index in [1.165, 1.54) is 20.0 Å². The van der Waals surface area contributed by atoms with Crippen LogP contribution in [0.15, 0.2) is 28.7 Å². The Morgan fingerprint density at radius 2 is 2.00 bits per heavy atom. The summed E-state index contributed by atoms with van der Waals surface area (Å²) in [5.41, 5.74) is 0.981. The Morgan fingerprint density at radius 1 is 1.41 bits per heavy atom. The maximum absolute atomic E-state index is 11.9. The van der Waals surface area contributed by atoms with Gasteiger partial charge in [-0.2, -0.15) is 0 Å². The maximum Gasteiger partial charge on any atom is 0.327 e. The van der Waals surface area contributed by atoms with Crippen LogP contribution in [0.1, 0.15) is 24.4 Å². The van der Waals surface area contributed by atoms with Crippen LogP contribution >= 0.6 is 15.9 Å². The highest BCUT2D eigenvalue weighted by molar-refractivity contribution is 9.10. The van der Waals surface area contributed by atoms with Crippen LogP contribution in [0.5, 0.6) is 0 Å². The van der Waals surface area contributed by atoms with Gasteiger partial charge in [0.15, 0.2) is 0 Å². The third-order valence-electron chi connectivity index (χ3n) is 3.14. The zero-order chi connectivity index (χ0) is 12.4. The van der Waals surface area contributed by atoms with Gasteiger partial charge < -0.3 is 4.74 Å². The lowest BCUT2D eigenvalue weighted by Crippen LogP contribution is -2.33. The van der Waals surface area contributed by atoms with E-state index in [1.807, 2.05) is 31.3 Å². The monoisotopic (exact) mass is 297 g/mol. The lowest BCUT2D eigenvalue weighted by atomic mass is 10.1. The number of esters is 1. The smallest absolute Gasteiger partial charge is 0.327 e. The highest BCUT2D eigenvalue weighted by Crippen LogP contribution is 2.33. The molecule has 1 fully saturated rings. The van der Waals surface area contributed by atoms with E-state index < -0.39 is 0 Å². The largest absolute Gasteiger partial charge is 0.468 e. The average Bonchev–Trinajstić information content (AvgIpc) is 3.15. The summed E-state index contributed by atoms with van der Waals surface area (Å²) >= 11 is 3.40. The topological polar surface area (TPSA) is 29.5 Å². The van der Waals surface area contributed by atoms with Crippen molar-refractivity contribution in [2.45, 2.75) is 24.9 Å². The molecule has 1 aromatic carbocycles. The van der Waals surface area contributed by atoms with Gasteiger partial charge in [-0.25, -0.2) is 4.79 Å². The molecule has 92 valence electrons. The van der Waals surface area contributed by atoms with E-state index in [-0.39, 0.29) is 12.0 Å². The molecule has 1 saturated carbocycles. The molecule has 0 aliphatic heterocycles. The van der Waals surface area contributed by atoms with Gasteiger partial charge in [-0.3, -0.25) is 4.90 Å². The van der Waals surface area contributed by atoms with Gasteiger partial charge in [0.2, 0.25) is 0 Å². The second-order valence-electron chi connectivity index (χ2n) is 4.37. The quantitative estimate of drug-likeness (QED) is 0.801. The van der Waals surface area contributed by atoms with Crippen LogP contribution in [0.3, 0.4) is 0 Å². The minimum atomic E-state index is -0.291. The summed E-state index contributed by atoms with van der Waals surface area (Å²) in [6, 6.07) is 8.05. The first-order valence-electron chi connectivity index (χ1n) is 5.68. The van der Waals surface area contributed by atoms with E-state index in [0.717, 1.165) is 10.0 Å². The van der Waals surface area contributed by atoms with Crippen LogP contribution < -0.4 is 0 Å². The van der Waals surface area contributed by atoms with Crippen molar-refractivity contribution in [1.29, 1.82) is 0 Å². The number of halogens is 1. The van der Waals surface area contributed by atoms with Gasteiger partial charge in [0.1, 0.15) is 6.04 Å². The second-order valence-corrected chi connectivity index (χ2v) is 5.29. The number of benzene rings is 1. The van der Waals surface area contributed by atoms with Gasteiger partial charge in [-0.15, -0.1) is 0 Å². The third-order valence-corrected chi connectivity index (χ3v) is 3.67. The number of ether oxygens (including phenoxy) is 1. The lowest BCUT2D eigenvalue weighted by Gasteiger charge is -2.26. The number of hydrogen-bond donors (Lipinski definition) is 0. The molecule has 1 aliphatic rings. The van der Waals surface area contributed by atoms with Crippen molar-refractivity contribution in [3.8, 4) is 0 Å². The zero-order valence-corrected chi connectivity index (χ0v) is 11.6. The zero-order valence-electron chi connectivity index (χ0n) is 10.0. The van der Waals surface area contributed by atoms with E-state index in [0.29, 0.717) is 6.04 Å². The molecular formula is C13H16BrNO2. The van der Waals surface area contributed by atoms with Crippen molar-refractivity contribution < 1.29 is 9.53 Å². The first-order valence-corrected chi connectivity index (χ1v) is 6.48. The summed E-state index contributed by atoms with van der Waals surface area (Å²) in [6.45, 7) is 0. The minimum absolute atomic E-state index is 0.193. The van der Waals surface area contributed by atoms with E-state index in [2.05, 4.69) is 20.8 Å². The summed E-state index contributed by atoms with van der Waals surface area (Å²) < 4.78 is 5.92. The van der Waals surface area contributed by atoms with Gasteiger partial charge in [0, 0.05) is 10.5 Å². The Bertz CT molecular complexity index is 400. The standard InChI is InChI=1S/C13H16BrNO2/c1-15(11-7-8-11)12(13(16)17-2)9-3-5-10(14)6-4-9/h3-6,11-12H,7-8H2,1-2H3. The molecule has 1 aliphatic carbocycles. The predicted molar refractivity (Wildman–Crippen MR) is 69.7 cm³/mol. The molecule has 0 amide bonds. The Labute approximate surface area is 110 Å². The molecule has 1 atom stereocenters. The molecular weight excluding hydrogens is 282 g/mol. The molecule has 4 heteroatoms. The molecule has 1 unspecified atom stereocenters. The number of carbonyl (C=O) groups excluding carboxylic acids is 1. The van der Waals surface area contributed by atoms with Crippen molar-refractivity contribution in [3.63, 3.8) is 0 Å². The summed E-state index contributed by atoms with van der Waals surface area (Å²) in [5, 5.41) is 0. The molecule has 1 aromatic rings. The van der Waals surface area contributed by atoms with Crippen LogP contribution in [0.25, 0.3) is 0 Å². The molecule has 0 radical (unpaired) electrons. The first-order chi connectivity index (χ1) is 8.13. The van der Waals surface area contributed by atoms with E-state index in [1.54, 1.807) is 0 Å². The highest BCUT2D eigenvalue weighted by atomic mass is 79.9. The second kappa shape index (κ2) is 5.19. The summed E-state index contributed by atoms with van der Waals surface area (Å²) in [4.78, 5) is 14.0. The summed E-state index contributed by atoms with van der Waals surface area (Å²) in [7, 11) is 3.43. The number of carbonyl (C=O) groups is 1. The lowest BCUT2D eigenvalue weighted by molar-refractivity contribution is -0.147. The van der Waals surface area contributed by atoms with Gasteiger partial charge in [0.25, 0.3) is 0 Å².